The predicted molar refractivity (Wildman–Crippen MR) is 151 cm³/mol. The SMILES string of the molecule is COc1ccc(NC(=O)N2CCN(CCCCc3c[nH]c4ccc(F)cc34)CC2)cc1N1CCN(C)CC1. The second kappa shape index (κ2) is 12.0. The molecule has 9 heteroatoms. The molecule has 1 aromatic heterocycles. The number of anilines is 2. The number of likely N-dealkylation sites (N-methyl/N-ethyl adjacent to an activating group) is 1. The first-order valence-corrected chi connectivity index (χ1v) is 13.7. The van der Waals surface area contributed by atoms with E-state index in [0.29, 0.717) is 0 Å². The second-order valence-electron chi connectivity index (χ2n) is 10.4. The van der Waals surface area contributed by atoms with E-state index < -0.39 is 0 Å². The van der Waals surface area contributed by atoms with Crippen molar-refractivity contribution in [3.8, 4) is 5.75 Å². The maximum absolute atomic E-state index is 13.6. The van der Waals surface area contributed by atoms with Gasteiger partial charge in [0, 0.05) is 75.1 Å². The number of ether oxygens (including phenoxy) is 1. The summed E-state index contributed by atoms with van der Waals surface area (Å²) in [6.07, 6.45) is 5.06. The molecule has 3 heterocycles. The molecule has 5 rings (SSSR count). The molecule has 38 heavy (non-hydrogen) atoms. The van der Waals surface area contributed by atoms with E-state index in [2.05, 4.69) is 32.0 Å². The third-order valence-electron chi connectivity index (χ3n) is 7.83. The van der Waals surface area contributed by atoms with E-state index >= 15 is 0 Å². The minimum Gasteiger partial charge on any atom is -0.495 e. The molecule has 2 aromatic carbocycles. The summed E-state index contributed by atoms with van der Waals surface area (Å²) >= 11 is 0. The van der Waals surface area contributed by atoms with Crippen molar-refractivity contribution >= 4 is 28.3 Å². The van der Waals surface area contributed by atoms with E-state index in [1.54, 1.807) is 19.2 Å². The molecule has 0 bridgehead atoms. The van der Waals surface area contributed by atoms with Crippen molar-refractivity contribution in [1.82, 2.24) is 19.7 Å². The van der Waals surface area contributed by atoms with E-state index in [-0.39, 0.29) is 11.8 Å². The maximum atomic E-state index is 13.6. The second-order valence-corrected chi connectivity index (χ2v) is 10.4. The van der Waals surface area contributed by atoms with Crippen LogP contribution in [0.4, 0.5) is 20.6 Å². The molecular weight excluding hydrogens is 483 g/mol. The van der Waals surface area contributed by atoms with Gasteiger partial charge in [-0.15, -0.1) is 0 Å². The number of H-pyrrole nitrogens is 1. The van der Waals surface area contributed by atoms with E-state index in [9.17, 15) is 9.18 Å². The molecule has 0 saturated carbocycles. The lowest BCUT2D eigenvalue weighted by Crippen LogP contribution is -2.50. The fourth-order valence-corrected chi connectivity index (χ4v) is 5.45. The van der Waals surface area contributed by atoms with Crippen LogP contribution in [-0.2, 0) is 6.42 Å². The van der Waals surface area contributed by atoms with Crippen LogP contribution in [0.3, 0.4) is 0 Å². The van der Waals surface area contributed by atoms with Crippen LogP contribution in [0.2, 0.25) is 0 Å². The number of carbonyl (C=O) groups excluding carboxylic acids is 1. The molecule has 2 saturated heterocycles. The van der Waals surface area contributed by atoms with Gasteiger partial charge < -0.3 is 29.7 Å². The Bertz CT molecular complexity index is 1230. The van der Waals surface area contributed by atoms with Gasteiger partial charge in [0.15, 0.2) is 0 Å². The zero-order valence-electron chi connectivity index (χ0n) is 22.5. The van der Waals surface area contributed by atoms with Crippen LogP contribution in [0.25, 0.3) is 10.9 Å². The number of urea groups is 1. The van der Waals surface area contributed by atoms with Gasteiger partial charge in [-0.3, -0.25) is 4.90 Å². The molecule has 0 unspecified atom stereocenters. The summed E-state index contributed by atoms with van der Waals surface area (Å²) in [6.45, 7) is 8.09. The Kier molecular flexibility index (Phi) is 8.34. The van der Waals surface area contributed by atoms with Crippen LogP contribution in [0.5, 0.6) is 5.75 Å². The number of unbranched alkanes of at least 4 members (excludes halogenated alkanes) is 1. The zero-order chi connectivity index (χ0) is 26.5. The minimum atomic E-state index is -0.192. The fraction of sp³-hybridized carbons (Fsp3) is 0.483. The van der Waals surface area contributed by atoms with Crippen molar-refractivity contribution < 1.29 is 13.9 Å². The highest BCUT2D eigenvalue weighted by Gasteiger charge is 2.22. The number of carbonyl (C=O) groups is 1. The summed E-state index contributed by atoms with van der Waals surface area (Å²) in [7, 11) is 3.83. The molecule has 2 amide bonds. The molecule has 0 spiro atoms. The van der Waals surface area contributed by atoms with Crippen molar-refractivity contribution in [1.29, 1.82) is 0 Å². The van der Waals surface area contributed by atoms with Crippen molar-refractivity contribution in [2.24, 2.45) is 0 Å². The predicted octanol–water partition coefficient (Wildman–Crippen LogP) is 4.24. The average Bonchev–Trinajstić information content (AvgIpc) is 3.33. The molecule has 8 nitrogen and oxygen atoms in total. The number of benzene rings is 2. The number of hydrogen-bond acceptors (Lipinski definition) is 5. The fourth-order valence-electron chi connectivity index (χ4n) is 5.45. The lowest BCUT2D eigenvalue weighted by atomic mass is 10.1. The first-order valence-electron chi connectivity index (χ1n) is 13.7. The quantitative estimate of drug-likeness (QED) is 0.433. The van der Waals surface area contributed by atoms with Gasteiger partial charge in [-0.1, -0.05) is 0 Å². The standard InChI is InChI=1S/C29H39FN6O2/c1-33-11-15-35(16-12-33)27-20-24(7-9-28(27)38-2)32-29(37)36-17-13-34(14-18-36)10-4-3-5-22-21-31-26-8-6-23(30)19-25(22)26/h6-9,19-21,31H,3-5,10-18H2,1-2H3,(H,32,37). The Morgan fingerprint density at radius 1 is 1.00 bits per heavy atom. The molecule has 2 aliphatic heterocycles. The third kappa shape index (κ3) is 6.22. The van der Waals surface area contributed by atoms with Gasteiger partial charge in [-0.05, 0) is 74.8 Å². The van der Waals surface area contributed by atoms with Gasteiger partial charge in [-0.2, -0.15) is 0 Å². The Balaban J connectivity index is 1.06. The number of nitrogens with one attached hydrogen (secondary N) is 2. The molecule has 2 fully saturated rings. The van der Waals surface area contributed by atoms with Crippen LogP contribution in [0.15, 0.2) is 42.6 Å². The van der Waals surface area contributed by atoms with Gasteiger partial charge in [0.25, 0.3) is 0 Å². The van der Waals surface area contributed by atoms with Crippen molar-refractivity contribution in [3.05, 3.63) is 54.0 Å². The number of halogens is 1. The number of hydrogen-bond donors (Lipinski definition) is 2. The summed E-state index contributed by atoms with van der Waals surface area (Å²) in [4.78, 5) is 25.2. The van der Waals surface area contributed by atoms with E-state index in [0.717, 1.165) is 106 Å². The number of aryl methyl sites for hydroxylation is 1. The molecular formula is C29H39FN6O2. The van der Waals surface area contributed by atoms with Gasteiger partial charge in [0.05, 0.1) is 12.8 Å². The number of rotatable bonds is 8. The van der Waals surface area contributed by atoms with Crippen molar-refractivity contribution in [2.75, 3.05) is 83.3 Å². The largest absolute Gasteiger partial charge is 0.495 e. The highest BCUT2D eigenvalue weighted by atomic mass is 19.1. The smallest absolute Gasteiger partial charge is 0.321 e. The topological polar surface area (TPSA) is 67.1 Å². The molecule has 2 N–H and O–H groups in total. The molecule has 3 aromatic rings. The molecule has 204 valence electrons. The van der Waals surface area contributed by atoms with Gasteiger partial charge >= 0.3 is 6.03 Å². The van der Waals surface area contributed by atoms with Crippen LogP contribution in [0.1, 0.15) is 18.4 Å². The van der Waals surface area contributed by atoms with E-state index in [1.165, 1.54) is 11.6 Å². The summed E-state index contributed by atoms with van der Waals surface area (Å²) in [5, 5.41) is 4.08. The van der Waals surface area contributed by atoms with Gasteiger partial charge in [0.2, 0.25) is 0 Å². The first-order chi connectivity index (χ1) is 18.5. The Hall–Kier alpha value is -3.30. The number of piperazine rings is 2. The van der Waals surface area contributed by atoms with Crippen LogP contribution in [0, 0.1) is 5.82 Å². The van der Waals surface area contributed by atoms with Crippen molar-refractivity contribution in [3.63, 3.8) is 0 Å². The first kappa shape index (κ1) is 26.3. The van der Waals surface area contributed by atoms with E-state index in [1.807, 2.05) is 29.3 Å². The molecule has 2 aliphatic rings. The van der Waals surface area contributed by atoms with Gasteiger partial charge in [0.1, 0.15) is 11.6 Å². The summed E-state index contributed by atoms with van der Waals surface area (Å²) in [6, 6.07) is 10.7. The van der Waals surface area contributed by atoms with Crippen LogP contribution < -0.4 is 15.0 Å². The van der Waals surface area contributed by atoms with Crippen molar-refractivity contribution in [2.45, 2.75) is 19.3 Å². The molecule has 0 aliphatic carbocycles. The van der Waals surface area contributed by atoms with Crippen LogP contribution in [-0.4, -0.2) is 98.8 Å². The lowest BCUT2D eigenvalue weighted by molar-refractivity contribution is 0.146. The normalized spacial score (nSPS) is 17.2. The summed E-state index contributed by atoms with van der Waals surface area (Å²) in [5.74, 6) is 0.640. The number of methoxy groups -OCH3 is 1. The molecule has 0 radical (unpaired) electrons. The number of nitrogens with zero attached hydrogens (tertiary/aromatic N) is 4. The average molecular weight is 523 g/mol. The Morgan fingerprint density at radius 3 is 2.55 bits per heavy atom. The summed E-state index contributed by atoms with van der Waals surface area (Å²) in [5.41, 5.74) is 3.99. The maximum Gasteiger partial charge on any atom is 0.321 e. The number of amides is 2. The third-order valence-corrected chi connectivity index (χ3v) is 7.83. The van der Waals surface area contributed by atoms with Crippen LogP contribution >= 0.6 is 0 Å². The van der Waals surface area contributed by atoms with E-state index in [4.69, 9.17) is 4.74 Å². The highest BCUT2D eigenvalue weighted by Crippen LogP contribution is 2.32. The monoisotopic (exact) mass is 522 g/mol. The number of aromatic amines is 1. The highest BCUT2D eigenvalue weighted by molar-refractivity contribution is 5.90. The zero-order valence-corrected chi connectivity index (χ0v) is 22.5. The number of aromatic nitrogens is 1. The Morgan fingerprint density at radius 2 is 1.79 bits per heavy atom. The lowest BCUT2D eigenvalue weighted by Gasteiger charge is -2.35. The van der Waals surface area contributed by atoms with Gasteiger partial charge in [-0.25, -0.2) is 9.18 Å². The Labute approximate surface area is 224 Å². The molecule has 0 atom stereocenters. The minimum absolute atomic E-state index is 0.0503. The number of fused-ring (bicyclic) bond motifs is 1. The summed E-state index contributed by atoms with van der Waals surface area (Å²) < 4.78 is 19.2.